The molecule has 0 spiro atoms. The molecular formula is C11H14F2O. The van der Waals surface area contributed by atoms with Crippen molar-refractivity contribution in [1.82, 2.24) is 0 Å². The van der Waals surface area contributed by atoms with Gasteiger partial charge in [-0.05, 0) is 44.0 Å². The van der Waals surface area contributed by atoms with E-state index in [4.69, 9.17) is 0 Å². The first-order chi connectivity index (χ1) is 6.29. The van der Waals surface area contributed by atoms with Gasteiger partial charge in [0.15, 0.2) is 0 Å². The van der Waals surface area contributed by atoms with Gasteiger partial charge in [-0.25, -0.2) is 8.78 Å². The molecule has 0 aliphatic carbocycles. The van der Waals surface area contributed by atoms with E-state index in [2.05, 4.69) is 0 Å². The van der Waals surface area contributed by atoms with E-state index < -0.39 is 17.2 Å². The van der Waals surface area contributed by atoms with E-state index in [1.807, 2.05) is 0 Å². The van der Waals surface area contributed by atoms with E-state index in [0.29, 0.717) is 0 Å². The molecule has 1 rings (SSSR count). The Morgan fingerprint density at radius 1 is 1.21 bits per heavy atom. The number of hydrogen-bond donors (Lipinski definition) is 1. The van der Waals surface area contributed by atoms with Gasteiger partial charge in [-0.15, -0.1) is 0 Å². The predicted octanol–water partition coefficient (Wildman–Crippen LogP) is 2.59. The number of halogens is 2. The van der Waals surface area contributed by atoms with Gasteiger partial charge < -0.3 is 5.11 Å². The van der Waals surface area contributed by atoms with Crippen molar-refractivity contribution in [2.75, 3.05) is 0 Å². The molecule has 1 aromatic rings. The molecule has 14 heavy (non-hydrogen) atoms. The van der Waals surface area contributed by atoms with Crippen LogP contribution in [0.1, 0.15) is 25.0 Å². The Labute approximate surface area is 82.4 Å². The maximum atomic E-state index is 13.3. The Bertz CT molecular complexity index is 340. The summed E-state index contributed by atoms with van der Waals surface area (Å²) in [5.74, 6) is -0.906. The molecule has 0 saturated carbocycles. The first kappa shape index (κ1) is 11.1. The average molecular weight is 200 g/mol. The third-order valence-corrected chi connectivity index (χ3v) is 1.95. The molecule has 0 amide bonds. The fourth-order valence-electron chi connectivity index (χ4n) is 1.29. The van der Waals surface area contributed by atoms with Crippen molar-refractivity contribution >= 4 is 0 Å². The minimum Gasteiger partial charge on any atom is -0.390 e. The quantitative estimate of drug-likeness (QED) is 0.778. The zero-order valence-electron chi connectivity index (χ0n) is 8.56. The highest BCUT2D eigenvalue weighted by Crippen LogP contribution is 2.19. The van der Waals surface area contributed by atoms with Crippen LogP contribution in [0.4, 0.5) is 8.78 Å². The standard InChI is InChI=1S/C11H14F2O/c1-7-4-10(13)8(5-9(7)12)6-11(2,3)14/h4-5,14H,6H2,1-3H3. The Morgan fingerprint density at radius 3 is 2.29 bits per heavy atom. The SMILES string of the molecule is Cc1cc(F)c(CC(C)(C)O)cc1F. The van der Waals surface area contributed by atoms with Crippen LogP contribution in [0.5, 0.6) is 0 Å². The molecule has 0 fully saturated rings. The number of aryl methyl sites for hydroxylation is 1. The molecule has 0 heterocycles. The topological polar surface area (TPSA) is 20.2 Å². The summed E-state index contributed by atoms with van der Waals surface area (Å²) in [7, 11) is 0. The van der Waals surface area contributed by atoms with Gasteiger partial charge in [-0.3, -0.25) is 0 Å². The van der Waals surface area contributed by atoms with Crippen LogP contribution >= 0.6 is 0 Å². The van der Waals surface area contributed by atoms with Gasteiger partial charge >= 0.3 is 0 Å². The third kappa shape index (κ3) is 2.77. The van der Waals surface area contributed by atoms with Crippen molar-refractivity contribution in [2.24, 2.45) is 0 Å². The molecule has 78 valence electrons. The highest BCUT2D eigenvalue weighted by Gasteiger charge is 2.17. The minimum atomic E-state index is -1.03. The molecule has 0 unspecified atom stereocenters. The van der Waals surface area contributed by atoms with E-state index in [1.54, 1.807) is 13.8 Å². The summed E-state index contributed by atoms with van der Waals surface area (Å²) in [6, 6.07) is 2.29. The van der Waals surface area contributed by atoms with Crippen LogP contribution in [-0.4, -0.2) is 10.7 Å². The predicted molar refractivity (Wildman–Crippen MR) is 51.1 cm³/mol. The molecular weight excluding hydrogens is 186 g/mol. The summed E-state index contributed by atoms with van der Waals surface area (Å²) < 4.78 is 26.4. The lowest BCUT2D eigenvalue weighted by molar-refractivity contribution is 0.0799. The van der Waals surface area contributed by atoms with Crippen molar-refractivity contribution in [2.45, 2.75) is 32.8 Å². The molecule has 1 N–H and O–H groups in total. The molecule has 3 heteroatoms. The Morgan fingerprint density at radius 2 is 1.79 bits per heavy atom. The molecule has 0 aliphatic heterocycles. The molecule has 0 bridgehead atoms. The van der Waals surface area contributed by atoms with Gasteiger partial charge in [0.05, 0.1) is 5.60 Å². The largest absolute Gasteiger partial charge is 0.390 e. The van der Waals surface area contributed by atoms with Crippen molar-refractivity contribution < 1.29 is 13.9 Å². The summed E-state index contributed by atoms with van der Waals surface area (Å²) >= 11 is 0. The van der Waals surface area contributed by atoms with Crippen LogP contribution in [-0.2, 0) is 6.42 Å². The van der Waals surface area contributed by atoms with Gasteiger partial charge in [-0.2, -0.15) is 0 Å². The smallest absolute Gasteiger partial charge is 0.126 e. The van der Waals surface area contributed by atoms with E-state index in [0.717, 1.165) is 12.1 Å². The first-order valence-electron chi connectivity index (χ1n) is 4.46. The highest BCUT2D eigenvalue weighted by molar-refractivity contribution is 5.26. The molecule has 1 aromatic carbocycles. The summed E-state index contributed by atoms with van der Waals surface area (Å²) in [5, 5.41) is 9.47. The molecule has 0 aromatic heterocycles. The third-order valence-electron chi connectivity index (χ3n) is 1.95. The molecule has 0 saturated heterocycles. The van der Waals surface area contributed by atoms with Gasteiger partial charge in [0.1, 0.15) is 11.6 Å². The van der Waals surface area contributed by atoms with E-state index >= 15 is 0 Å². The zero-order valence-corrected chi connectivity index (χ0v) is 8.56. The second-order valence-corrected chi connectivity index (χ2v) is 4.18. The van der Waals surface area contributed by atoms with Crippen LogP contribution in [0, 0.1) is 18.6 Å². The average Bonchev–Trinajstić information content (AvgIpc) is 1.97. The van der Waals surface area contributed by atoms with Crippen molar-refractivity contribution in [1.29, 1.82) is 0 Å². The molecule has 1 nitrogen and oxygen atoms in total. The van der Waals surface area contributed by atoms with E-state index in [1.165, 1.54) is 6.92 Å². The van der Waals surface area contributed by atoms with Crippen LogP contribution in [0.3, 0.4) is 0 Å². The monoisotopic (exact) mass is 200 g/mol. The van der Waals surface area contributed by atoms with Gasteiger partial charge in [0.2, 0.25) is 0 Å². The minimum absolute atomic E-state index is 0.107. The number of aliphatic hydroxyl groups is 1. The number of hydrogen-bond acceptors (Lipinski definition) is 1. The first-order valence-corrected chi connectivity index (χ1v) is 4.46. The van der Waals surface area contributed by atoms with Crippen LogP contribution < -0.4 is 0 Å². The van der Waals surface area contributed by atoms with Crippen LogP contribution in [0.15, 0.2) is 12.1 Å². The van der Waals surface area contributed by atoms with E-state index in [9.17, 15) is 13.9 Å². The molecule has 0 radical (unpaired) electrons. The maximum absolute atomic E-state index is 13.3. The second-order valence-electron chi connectivity index (χ2n) is 4.18. The number of benzene rings is 1. The number of rotatable bonds is 2. The molecule has 0 atom stereocenters. The van der Waals surface area contributed by atoms with Gasteiger partial charge in [-0.1, -0.05) is 0 Å². The summed E-state index contributed by atoms with van der Waals surface area (Å²) in [6.45, 7) is 4.63. The summed E-state index contributed by atoms with van der Waals surface area (Å²) in [4.78, 5) is 0. The van der Waals surface area contributed by atoms with Crippen LogP contribution in [0.2, 0.25) is 0 Å². The Hall–Kier alpha value is -0.960. The normalized spacial score (nSPS) is 11.9. The Balaban J connectivity index is 3.04. The van der Waals surface area contributed by atoms with Crippen LogP contribution in [0.25, 0.3) is 0 Å². The summed E-state index contributed by atoms with van der Waals surface area (Å²) in [5.41, 5.74) is -0.537. The maximum Gasteiger partial charge on any atom is 0.126 e. The lowest BCUT2D eigenvalue weighted by atomic mass is 9.97. The zero-order chi connectivity index (χ0) is 10.9. The fourth-order valence-corrected chi connectivity index (χ4v) is 1.29. The van der Waals surface area contributed by atoms with Gasteiger partial charge in [0.25, 0.3) is 0 Å². The van der Waals surface area contributed by atoms with Crippen molar-refractivity contribution in [3.63, 3.8) is 0 Å². The van der Waals surface area contributed by atoms with Crippen molar-refractivity contribution in [3.8, 4) is 0 Å². The van der Waals surface area contributed by atoms with E-state index in [-0.39, 0.29) is 17.5 Å². The highest BCUT2D eigenvalue weighted by atomic mass is 19.1. The van der Waals surface area contributed by atoms with Gasteiger partial charge in [0, 0.05) is 6.42 Å². The fraction of sp³-hybridized carbons (Fsp3) is 0.455. The summed E-state index contributed by atoms with van der Waals surface area (Å²) in [6.07, 6.45) is 0.107. The lowest BCUT2D eigenvalue weighted by Crippen LogP contribution is -2.22. The van der Waals surface area contributed by atoms with Crippen molar-refractivity contribution in [3.05, 3.63) is 34.9 Å². The Kier molecular flexibility index (Phi) is 2.90. The molecule has 0 aliphatic rings. The lowest BCUT2D eigenvalue weighted by Gasteiger charge is -2.17. The second kappa shape index (κ2) is 3.65.